The number of para-hydroxylation sites is 2. The third-order valence-electron chi connectivity index (χ3n) is 5.06. The van der Waals surface area contributed by atoms with Gasteiger partial charge in [0.2, 0.25) is 11.8 Å². The van der Waals surface area contributed by atoms with Crippen molar-refractivity contribution >= 4 is 46.5 Å². The Morgan fingerprint density at radius 2 is 1.85 bits per heavy atom. The summed E-state index contributed by atoms with van der Waals surface area (Å²) in [5.41, 5.74) is 0.724. The Labute approximate surface area is 193 Å². The van der Waals surface area contributed by atoms with Gasteiger partial charge in [-0.3, -0.25) is 29.0 Å². The summed E-state index contributed by atoms with van der Waals surface area (Å²) in [6.45, 7) is -0.00940. The van der Waals surface area contributed by atoms with Crippen LogP contribution in [0.1, 0.15) is 12.0 Å². The molecule has 2 aromatic carbocycles. The van der Waals surface area contributed by atoms with Crippen molar-refractivity contribution in [3.63, 3.8) is 0 Å². The average Bonchev–Trinajstić information content (AvgIpc) is 2.96. The van der Waals surface area contributed by atoms with Crippen LogP contribution in [-0.2, 0) is 14.4 Å². The van der Waals surface area contributed by atoms with E-state index in [4.69, 9.17) is 4.74 Å². The number of fused-ring (bicyclic) bond motifs is 1. The summed E-state index contributed by atoms with van der Waals surface area (Å²) < 4.78 is 19.4. The van der Waals surface area contributed by atoms with Crippen molar-refractivity contribution in [1.29, 1.82) is 0 Å². The molecule has 0 saturated carbocycles. The van der Waals surface area contributed by atoms with Crippen LogP contribution in [0.3, 0.4) is 0 Å². The average molecular weight is 469 g/mol. The zero-order chi connectivity index (χ0) is 23.4. The molecular weight excluding hydrogens is 449 g/mol. The van der Waals surface area contributed by atoms with E-state index in [2.05, 4.69) is 5.32 Å². The number of nitrogens with one attached hydrogen (secondary N) is 1. The van der Waals surface area contributed by atoms with E-state index in [9.17, 15) is 23.6 Å². The number of hydrogen-bond acceptors (Lipinski definition) is 6. The summed E-state index contributed by atoms with van der Waals surface area (Å²) in [7, 11) is 0. The second-order valence-electron chi connectivity index (χ2n) is 7.25. The molecule has 2 aromatic rings. The van der Waals surface area contributed by atoms with Crippen LogP contribution in [0.5, 0.6) is 5.75 Å². The van der Waals surface area contributed by atoms with Crippen molar-refractivity contribution in [2.24, 2.45) is 0 Å². The maximum atomic E-state index is 13.8. The molecule has 4 rings (SSSR count). The van der Waals surface area contributed by atoms with Gasteiger partial charge in [0.25, 0.3) is 11.1 Å². The van der Waals surface area contributed by atoms with Crippen LogP contribution in [-0.4, -0.2) is 54.1 Å². The van der Waals surface area contributed by atoms with Gasteiger partial charge in [-0.05, 0) is 36.0 Å². The van der Waals surface area contributed by atoms with Gasteiger partial charge < -0.3 is 10.1 Å². The number of amides is 4. The molecule has 1 saturated heterocycles. The molecule has 0 bridgehead atoms. The van der Waals surface area contributed by atoms with Gasteiger partial charge in [0.15, 0.2) is 0 Å². The number of imide groups is 1. The largest absolute Gasteiger partial charge is 0.491 e. The maximum absolute atomic E-state index is 13.8. The number of anilines is 1. The third kappa shape index (κ3) is 5.06. The summed E-state index contributed by atoms with van der Waals surface area (Å²) in [4.78, 5) is 52.2. The molecule has 0 unspecified atom stereocenters. The summed E-state index contributed by atoms with van der Waals surface area (Å²) in [6.07, 6.45) is 1.48. The Hall–Kier alpha value is -3.66. The SMILES string of the molecule is O=C(CN1C(=O)CCOc2ccccc21)NCCN1C(=O)SC(=Cc2ccccc2F)C1=O. The second-order valence-corrected chi connectivity index (χ2v) is 8.24. The van der Waals surface area contributed by atoms with E-state index < -0.39 is 22.9 Å². The van der Waals surface area contributed by atoms with Gasteiger partial charge in [-0.15, -0.1) is 0 Å². The Morgan fingerprint density at radius 1 is 1.09 bits per heavy atom. The van der Waals surface area contributed by atoms with Crippen molar-refractivity contribution in [1.82, 2.24) is 10.2 Å². The molecule has 0 spiro atoms. The van der Waals surface area contributed by atoms with E-state index in [0.717, 1.165) is 16.7 Å². The Morgan fingerprint density at radius 3 is 2.67 bits per heavy atom. The van der Waals surface area contributed by atoms with Crippen LogP contribution < -0.4 is 15.0 Å². The van der Waals surface area contributed by atoms with Crippen molar-refractivity contribution in [2.75, 3.05) is 31.1 Å². The van der Waals surface area contributed by atoms with Gasteiger partial charge in [0.1, 0.15) is 18.1 Å². The lowest BCUT2D eigenvalue weighted by atomic mass is 10.2. The molecule has 1 fully saturated rings. The molecule has 2 heterocycles. The normalized spacial score (nSPS) is 17.1. The van der Waals surface area contributed by atoms with Crippen LogP contribution >= 0.6 is 11.8 Å². The molecule has 4 amide bonds. The van der Waals surface area contributed by atoms with E-state index in [0.29, 0.717) is 11.4 Å². The van der Waals surface area contributed by atoms with Crippen LogP contribution in [0, 0.1) is 5.82 Å². The number of rotatable bonds is 6. The van der Waals surface area contributed by atoms with Crippen molar-refractivity contribution < 1.29 is 28.3 Å². The zero-order valence-corrected chi connectivity index (χ0v) is 18.3. The van der Waals surface area contributed by atoms with Crippen LogP contribution in [0.4, 0.5) is 14.9 Å². The minimum Gasteiger partial charge on any atom is -0.491 e. The summed E-state index contributed by atoms with van der Waals surface area (Å²) in [5.74, 6) is -1.19. The maximum Gasteiger partial charge on any atom is 0.293 e. The first-order chi connectivity index (χ1) is 15.9. The van der Waals surface area contributed by atoms with Gasteiger partial charge in [0.05, 0.1) is 23.6 Å². The fraction of sp³-hybridized carbons (Fsp3) is 0.217. The number of hydrogen-bond donors (Lipinski definition) is 1. The van der Waals surface area contributed by atoms with Gasteiger partial charge in [-0.1, -0.05) is 30.3 Å². The molecule has 2 aliphatic rings. The first-order valence-electron chi connectivity index (χ1n) is 10.2. The molecule has 10 heteroatoms. The summed E-state index contributed by atoms with van der Waals surface area (Å²) in [5, 5.41) is 2.14. The van der Waals surface area contributed by atoms with Gasteiger partial charge >= 0.3 is 0 Å². The van der Waals surface area contributed by atoms with Gasteiger partial charge in [-0.2, -0.15) is 0 Å². The first-order valence-corrected chi connectivity index (χ1v) is 11.0. The van der Waals surface area contributed by atoms with Gasteiger partial charge in [-0.25, -0.2) is 4.39 Å². The zero-order valence-electron chi connectivity index (χ0n) is 17.5. The van der Waals surface area contributed by atoms with Crippen molar-refractivity contribution in [3.05, 3.63) is 64.8 Å². The van der Waals surface area contributed by atoms with E-state index in [1.54, 1.807) is 30.3 Å². The number of carbonyl (C=O) groups excluding carboxylic acids is 4. The lowest BCUT2D eigenvalue weighted by molar-refractivity contribution is -0.124. The molecule has 170 valence electrons. The highest BCUT2D eigenvalue weighted by Crippen LogP contribution is 2.32. The molecule has 0 aromatic heterocycles. The van der Waals surface area contributed by atoms with E-state index in [1.165, 1.54) is 29.2 Å². The standard InChI is InChI=1S/C23H20FN3O5S/c24-16-6-2-1-5-15(16)13-19-22(30)26(23(31)33-19)11-10-25-20(28)14-27-17-7-3-4-8-18(17)32-12-9-21(27)29/h1-8,13H,9-12,14H2,(H,25,28). The molecule has 8 nitrogen and oxygen atoms in total. The van der Waals surface area contributed by atoms with E-state index in [-0.39, 0.29) is 49.0 Å². The van der Waals surface area contributed by atoms with Crippen LogP contribution in [0.15, 0.2) is 53.4 Å². The number of nitrogens with zero attached hydrogens (tertiary/aromatic N) is 2. The lowest BCUT2D eigenvalue weighted by Gasteiger charge is -2.21. The quantitative estimate of drug-likeness (QED) is 0.654. The highest BCUT2D eigenvalue weighted by molar-refractivity contribution is 8.18. The van der Waals surface area contributed by atoms with Crippen LogP contribution in [0.25, 0.3) is 6.08 Å². The van der Waals surface area contributed by atoms with Crippen molar-refractivity contribution in [3.8, 4) is 5.75 Å². The Bertz CT molecular complexity index is 1150. The van der Waals surface area contributed by atoms with Crippen molar-refractivity contribution in [2.45, 2.75) is 6.42 Å². The molecule has 1 N–H and O–H groups in total. The third-order valence-corrected chi connectivity index (χ3v) is 5.96. The second kappa shape index (κ2) is 9.86. The highest BCUT2D eigenvalue weighted by atomic mass is 32.2. The molecule has 0 radical (unpaired) electrons. The van der Waals surface area contributed by atoms with Gasteiger partial charge in [0, 0.05) is 18.7 Å². The monoisotopic (exact) mass is 469 g/mol. The lowest BCUT2D eigenvalue weighted by Crippen LogP contribution is -2.43. The minimum atomic E-state index is -0.545. The molecular formula is C23H20FN3O5S. The number of halogens is 1. The number of thioether (sulfide) groups is 1. The summed E-state index contributed by atoms with van der Waals surface area (Å²) >= 11 is 0.720. The first kappa shape index (κ1) is 22.5. The topological polar surface area (TPSA) is 96.0 Å². The predicted molar refractivity (Wildman–Crippen MR) is 121 cm³/mol. The molecule has 2 aliphatic heterocycles. The molecule has 0 atom stereocenters. The van der Waals surface area contributed by atoms with E-state index >= 15 is 0 Å². The summed E-state index contributed by atoms with van der Waals surface area (Å²) in [6, 6.07) is 12.9. The molecule has 0 aliphatic carbocycles. The highest BCUT2D eigenvalue weighted by Gasteiger charge is 2.35. The number of ether oxygens (including phenoxy) is 1. The van der Waals surface area contributed by atoms with Crippen LogP contribution in [0.2, 0.25) is 0 Å². The minimum absolute atomic E-state index is 0.0179. The predicted octanol–water partition coefficient (Wildman–Crippen LogP) is 2.79. The Balaban J connectivity index is 1.34. The van der Waals surface area contributed by atoms with E-state index in [1.807, 2.05) is 0 Å². The number of benzene rings is 2. The molecule has 33 heavy (non-hydrogen) atoms. The Kier molecular flexibility index (Phi) is 6.74. The number of carbonyl (C=O) groups is 4. The fourth-order valence-electron chi connectivity index (χ4n) is 3.43. The smallest absolute Gasteiger partial charge is 0.293 e. The fourth-order valence-corrected chi connectivity index (χ4v) is 4.28.